The highest BCUT2D eigenvalue weighted by Gasteiger charge is 2.79. The first kappa shape index (κ1) is 15.0. The lowest BCUT2D eigenvalue weighted by atomic mass is 9.64. The summed E-state index contributed by atoms with van der Waals surface area (Å²) in [6.07, 6.45) is 6.42. The molecule has 1 aliphatic carbocycles. The highest BCUT2D eigenvalue weighted by Crippen LogP contribution is 2.53. The topological polar surface area (TPSA) is 75.6 Å². The van der Waals surface area contributed by atoms with E-state index in [2.05, 4.69) is 21.2 Å². The van der Waals surface area contributed by atoms with Crippen LogP contribution in [0.2, 0.25) is 0 Å². The molecule has 0 aromatic heterocycles. The largest absolute Gasteiger partial charge is 0.453 e. The monoisotopic (exact) mass is 357 g/mol. The summed E-state index contributed by atoms with van der Waals surface area (Å²) in [5.74, 6) is -1.26. The second-order valence-corrected chi connectivity index (χ2v) is 7.08. The average molecular weight is 358 g/mol. The van der Waals surface area contributed by atoms with Gasteiger partial charge in [-0.3, -0.25) is 4.79 Å². The summed E-state index contributed by atoms with van der Waals surface area (Å²) in [6, 6.07) is 0. The van der Waals surface area contributed by atoms with Gasteiger partial charge in [-0.25, -0.2) is 4.79 Å². The third-order valence-corrected chi connectivity index (χ3v) is 5.71. The molecule has 1 amide bonds. The van der Waals surface area contributed by atoms with Crippen LogP contribution < -0.4 is 5.32 Å². The molecule has 0 saturated carbocycles. The van der Waals surface area contributed by atoms with E-state index < -0.39 is 29.1 Å². The van der Waals surface area contributed by atoms with Gasteiger partial charge in [-0.15, -0.1) is 0 Å². The van der Waals surface area contributed by atoms with Crippen LogP contribution in [0.15, 0.2) is 12.2 Å². The third kappa shape index (κ3) is 1.84. The summed E-state index contributed by atoms with van der Waals surface area (Å²) in [5, 5.41) is 14.2. The number of allylic oxidation sites excluding steroid dienone is 1. The lowest BCUT2D eigenvalue weighted by molar-refractivity contribution is -0.238. The van der Waals surface area contributed by atoms with Crippen LogP contribution in [-0.2, 0) is 14.3 Å². The van der Waals surface area contributed by atoms with E-state index in [1.807, 2.05) is 12.2 Å². The molecule has 0 bridgehead atoms. The number of carbonyl (C=O) groups is 2. The van der Waals surface area contributed by atoms with Gasteiger partial charge in [0.25, 0.3) is 0 Å². The highest BCUT2D eigenvalue weighted by atomic mass is 79.9. The number of aliphatic hydroxyl groups excluding tert-OH is 1. The molecule has 3 rings (SSSR count). The SMILES string of the molecule is C[C@@]12OC(=O)[C@]1(C(O)[C@@H]1C=CCCC1)NC(=O)[C@@H]2CCBr. The number of rotatable bonds is 4. The first-order chi connectivity index (χ1) is 9.97. The molecule has 0 spiro atoms. The Morgan fingerprint density at radius 2 is 2.33 bits per heavy atom. The Morgan fingerprint density at radius 1 is 1.57 bits per heavy atom. The van der Waals surface area contributed by atoms with E-state index in [1.165, 1.54) is 0 Å². The van der Waals surface area contributed by atoms with Crippen LogP contribution in [0.25, 0.3) is 0 Å². The predicted octanol–water partition coefficient (Wildman–Crippen LogP) is 1.29. The van der Waals surface area contributed by atoms with Crippen molar-refractivity contribution in [3.8, 4) is 0 Å². The number of amides is 1. The van der Waals surface area contributed by atoms with Gasteiger partial charge in [-0.2, -0.15) is 0 Å². The van der Waals surface area contributed by atoms with Crippen molar-refractivity contribution in [3.05, 3.63) is 12.2 Å². The summed E-state index contributed by atoms with van der Waals surface area (Å²) in [4.78, 5) is 24.5. The van der Waals surface area contributed by atoms with Crippen LogP contribution in [0.3, 0.4) is 0 Å². The minimum atomic E-state index is -1.29. The van der Waals surface area contributed by atoms with Crippen molar-refractivity contribution < 1.29 is 19.4 Å². The Morgan fingerprint density at radius 3 is 2.90 bits per heavy atom. The molecule has 3 aliphatic rings. The Hall–Kier alpha value is -0.880. The van der Waals surface area contributed by atoms with Crippen LogP contribution in [0, 0.1) is 11.8 Å². The Balaban J connectivity index is 1.94. The van der Waals surface area contributed by atoms with Gasteiger partial charge in [0, 0.05) is 11.2 Å². The molecule has 0 aromatic carbocycles. The number of ether oxygens (including phenoxy) is 1. The maximum absolute atomic E-state index is 12.3. The van der Waals surface area contributed by atoms with Gasteiger partial charge < -0.3 is 15.2 Å². The molecule has 21 heavy (non-hydrogen) atoms. The number of carbonyl (C=O) groups excluding carboxylic acids is 2. The normalized spacial score (nSPS) is 42.8. The predicted molar refractivity (Wildman–Crippen MR) is 79.8 cm³/mol. The van der Waals surface area contributed by atoms with Crippen molar-refractivity contribution in [2.45, 2.75) is 49.9 Å². The number of hydrogen-bond donors (Lipinski definition) is 2. The number of fused-ring (bicyclic) bond motifs is 1. The van der Waals surface area contributed by atoms with Gasteiger partial charge in [0.05, 0.1) is 12.0 Å². The van der Waals surface area contributed by atoms with Crippen LogP contribution in [0.5, 0.6) is 0 Å². The van der Waals surface area contributed by atoms with Crippen molar-refractivity contribution in [1.82, 2.24) is 5.32 Å². The Kier molecular flexibility index (Phi) is 3.64. The van der Waals surface area contributed by atoms with E-state index in [1.54, 1.807) is 6.92 Å². The molecule has 0 aromatic rings. The lowest BCUT2D eigenvalue weighted by Gasteiger charge is -2.54. The summed E-state index contributed by atoms with van der Waals surface area (Å²) < 4.78 is 5.37. The van der Waals surface area contributed by atoms with E-state index in [0.717, 1.165) is 19.3 Å². The zero-order chi connectivity index (χ0) is 15.3. The van der Waals surface area contributed by atoms with Crippen molar-refractivity contribution in [1.29, 1.82) is 0 Å². The molecule has 2 aliphatic heterocycles. The molecular weight excluding hydrogens is 338 g/mol. The summed E-state index contributed by atoms with van der Waals surface area (Å²) >= 11 is 3.33. The summed E-state index contributed by atoms with van der Waals surface area (Å²) in [7, 11) is 0. The quantitative estimate of drug-likeness (QED) is 0.451. The summed E-state index contributed by atoms with van der Waals surface area (Å²) in [5.41, 5.74) is -2.25. The van der Waals surface area contributed by atoms with E-state index in [9.17, 15) is 14.7 Å². The first-order valence-corrected chi connectivity index (χ1v) is 8.55. The molecule has 2 saturated heterocycles. The number of alkyl halides is 1. The highest BCUT2D eigenvalue weighted by molar-refractivity contribution is 9.09. The minimum absolute atomic E-state index is 0.117. The van der Waals surface area contributed by atoms with Crippen molar-refractivity contribution >= 4 is 27.8 Å². The molecule has 2 fully saturated rings. The van der Waals surface area contributed by atoms with Crippen LogP contribution in [-0.4, -0.2) is 39.6 Å². The molecule has 6 heteroatoms. The third-order valence-electron chi connectivity index (χ3n) is 5.25. The fraction of sp³-hybridized carbons (Fsp3) is 0.733. The van der Waals surface area contributed by atoms with E-state index in [-0.39, 0.29) is 11.8 Å². The molecule has 1 unspecified atom stereocenters. The van der Waals surface area contributed by atoms with Gasteiger partial charge in [0.1, 0.15) is 0 Å². The van der Waals surface area contributed by atoms with E-state index >= 15 is 0 Å². The number of nitrogens with one attached hydrogen (secondary N) is 1. The fourth-order valence-corrected chi connectivity index (χ4v) is 4.45. The minimum Gasteiger partial charge on any atom is -0.453 e. The maximum Gasteiger partial charge on any atom is 0.339 e. The van der Waals surface area contributed by atoms with Crippen molar-refractivity contribution in [3.63, 3.8) is 0 Å². The summed E-state index contributed by atoms with van der Waals surface area (Å²) in [6.45, 7) is 1.76. The molecule has 2 heterocycles. The van der Waals surface area contributed by atoms with Gasteiger partial charge >= 0.3 is 5.97 Å². The van der Waals surface area contributed by atoms with E-state index in [4.69, 9.17) is 4.74 Å². The molecule has 116 valence electrons. The molecule has 5 atom stereocenters. The lowest BCUT2D eigenvalue weighted by Crippen LogP contribution is -2.80. The molecule has 5 nitrogen and oxygen atoms in total. The number of hydrogen-bond acceptors (Lipinski definition) is 4. The first-order valence-electron chi connectivity index (χ1n) is 7.43. The van der Waals surface area contributed by atoms with Crippen LogP contribution in [0.4, 0.5) is 0 Å². The fourth-order valence-electron chi connectivity index (χ4n) is 3.99. The smallest absolute Gasteiger partial charge is 0.339 e. The second kappa shape index (κ2) is 5.09. The molecule has 2 N–H and O–H groups in total. The number of esters is 1. The van der Waals surface area contributed by atoms with Gasteiger partial charge in [-0.05, 0) is 32.6 Å². The Bertz CT molecular complexity index is 508. The zero-order valence-corrected chi connectivity index (χ0v) is 13.6. The van der Waals surface area contributed by atoms with Crippen molar-refractivity contribution in [2.75, 3.05) is 5.33 Å². The van der Waals surface area contributed by atoms with Gasteiger partial charge in [0.2, 0.25) is 11.4 Å². The number of aliphatic hydroxyl groups is 1. The van der Waals surface area contributed by atoms with Crippen LogP contribution >= 0.6 is 15.9 Å². The molecule has 0 radical (unpaired) electrons. The van der Waals surface area contributed by atoms with Gasteiger partial charge in [-0.1, -0.05) is 28.1 Å². The molecular formula is C15H20BrNO4. The number of halogens is 1. The average Bonchev–Trinajstić information content (AvgIpc) is 2.65. The maximum atomic E-state index is 12.3. The zero-order valence-electron chi connectivity index (χ0n) is 12.0. The van der Waals surface area contributed by atoms with E-state index in [0.29, 0.717) is 11.8 Å². The second-order valence-electron chi connectivity index (χ2n) is 6.29. The standard InChI is InChI=1S/C15H20BrNO4/c1-14-10(7-8-16)12(19)17-15(14,13(20)21-14)11(18)9-5-3-2-4-6-9/h3,5,9-11,18H,2,4,6-8H2,1H3,(H,17,19)/t9-,10+,11?,14+,15+/m1/s1. The van der Waals surface area contributed by atoms with Crippen LogP contribution in [0.1, 0.15) is 32.6 Å². The van der Waals surface area contributed by atoms with Gasteiger partial charge in [0.15, 0.2) is 5.60 Å². The van der Waals surface area contributed by atoms with Crippen molar-refractivity contribution in [2.24, 2.45) is 11.8 Å². The Labute approximate surface area is 132 Å².